The van der Waals surface area contributed by atoms with Gasteiger partial charge < -0.3 is 5.73 Å². The standard InChI is InChI=1S/C13H11ClN4/c14-11-8-18(17-13(11)15)7-9-5-6-16-12-4-2-1-3-10(9)12/h1-6,8H,7H2,(H2,15,17). The number of halogens is 1. The van der Waals surface area contributed by atoms with Crippen LogP contribution in [-0.4, -0.2) is 14.8 Å². The lowest BCUT2D eigenvalue weighted by molar-refractivity contribution is 0.693. The van der Waals surface area contributed by atoms with Gasteiger partial charge in [0.05, 0.1) is 12.1 Å². The molecule has 0 atom stereocenters. The fourth-order valence-corrected chi connectivity index (χ4v) is 2.11. The van der Waals surface area contributed by atoms with Crippen LogP contribution < -0.4 is 5.73 Å². The highest BCUT2D eigenvalue weighted by Gasteiger charge is 2.06. The minimum absolute atomic E-state index is 0.357. The Kier molecular flexibility index (Phi) is 2.64. The van der Waals surface area contributed by atoms with Crippen LogP contribution in [0, 0.1) is 0 Å². The molecule has 0 aliphatic carbocycles. The molecule has 0 bridgehead atoms. The number of nitrogen functional groups attached to an aromatic ring is 1. The number of nitrogens with zero attached hydrogens (tertiary/aromatic N) is 3. The Labute approximate surface area is 109 Å². The molecule has 0 saturated heterocycles. The Balaban J connectivity index is 2.04. The zero-order valence-corrected chi connectivity index (χ0v) is 10.3. The van der Waals surface area contributed by atoms with Crippen molar-refractivity contribution in [2.75, 3.05) is 5.73 Å². The van der Waals surface area contributed by atoms with Gasteiger partial charge in [0.15, 0.2) is 5.82 Å². The molecule has 0 spiro atoms. The molecular weight excluding hydrogens is 248 g/mol. The van der Waals surface area contributed by atoms with E-state index in [0.717, 1.165) is 16.5 Å². The van der Waals surface area contributed by atoms with Crippen LogP contribution in [0.3, 0.4) is 0 Å². The first-order valence-electron chi connectivity index (χ1n) is 5.55. The summed E-state index contributed by atoms with van der Waals surface area (Å²) in [5.41, 5.74) is 7.74. The van der Waals surface area contributed by atoms with Crippen molar-refractivity contribution >= 4 is 28.3 Å². The number of hydrogen-bond acceptors (Lipinski definition) is 3. The maximum Gasteiger partial charge on any atom is 0.164 e. The van der Waals surface area contributed by atoms with Crippen LogP contribution in [0.2, 0.25) is 5.02 Å². The third-order valence-corrected chi connectivity index (χ3v) is 3.11. The van der Waals surface area contributed by atoms with Gasteiger partial charge in [0.1, 0.15) is 5.02 Å². The van der Waals surface area contributed by atoms with E-state index in [1.165, 1.54) is 0 Å². The maximum absolute atomic E-state index is 5.89. The fraction of sp³-hybridized carbons (Fsp3) is 0.0769. The average Bonchev–Trinajstić information content (AvgIpc) is 2.69. The summed E-state index contributed by atoms with van der Waals surface area (Å²) < 4.78 is 1.74. The number of benzene rings is 1. The molecule has 2 aromatic heterocycles. The summed E-state index contributed by atoms with van der Waals surface area (Å²) >= 11 is 5.89. The largest absolute Gasteiger partial charge is 0.381 e. The molecular formula is C13H11ClN4. The van der Waals surface area contributed by atoms with Gasteiger partial charge in [0.2, 0.25) is 0 Å². The highest BCUT2D eigenvalue weighted by atomic mass is 35.5. The van der Waals surface area contributed by atoms with Crippen LogP contribution in [0.5, 0.6) is 0 Å². The molecule has 0 fully saturated rings. The molecule has 3 rings (SSSR count). The lowest BCUT2D eigenvalue weighted by atomic mass is 10.1. The highest BCUT2D eigenvalue weighted by Crippen LogP contribution is 2.20. The van der Waals surface area contributed by atoms with E-state index in [0.29, 0.717) is 17.4 Å². The summed E-state index contributed by atoms with van der Waals surface area (Å²) in [7, 11) is 0. The average molecular weight is 259 g/mol. The van der Waals surface area contributed by atoms with E-state index in [4.69, 9.17) is 17.3 Å². The molecule has 0 unspecified atom stereocenters. The summed E-state index contributed by atoms with van der Waals surface area (Å²) in [6, 6.07) is 9.99. The first-order chi connectivity index (χ1) is 8.74. The summed E-state index contributed by atoms with van der Waals surface area (Å²) in [5.74, 6) is 0.357. The van der Waals surface area contributed by atoms with E-state index in [9.17, 15) is 0 Å². The minimum Gasteiger partial charge on any atom is -0.381 e. The zero-order chi connectivity index (χ0) is 12.5. The molecule has 0 aliphatic rings. The normalized spacial score (nSPS) is 10.9. The van der Waals surface area contributed by atoms with Crippen LogP contribution in [0.4, 0.5) is 5.82 Å². The Morgan fingerprint density at radius 2 is 2.06 bits per heavy atom. The molecule has 0 radical (unpaired) electrons. The quantitative estimate of drug-likeness (QED) is 0.769. The molecule has 3 aromatic rings. The number of nitrogens with two attached hydrogens (primary N) is 1. The lowest BCUT2D eigenvalue weighted by Crippen LogP contribution is -2.02. The van der Waals surface area contributed by atoms with Gasteiger partial charge in [-0.15, -0.1) is 0 Å². The highest BCUT2D eigenvalue weighted by molar-refractivity contribution is 6.32. The summed E-state index contributed by atoms with van der Waals surface area (Å²) in [6.07, 6.45) is 3.53. The van der Waals surface area contributed by atoms with E-state index in [2.05, 4.69) is 10.1 Å². The predicted molar refractivity (Wildman–Crippen MR) is 72.5 cm³/mol. The van der Waals surface area contributed by atoms with Gasteiger partial charge in [0, 0.05) is 17.8 Å². The van der Waals surface area contributed by atoms with Crippen molar-refractivity contribution in [3.63, 3.8) is 0 Å². The van der Waals surface area contributed by atoms with Crippen LogP contribution in [-0.2, 0) is 6.54 Å². The number of aromatic nitrogens is 3. The Hall–Kier alpha value is -2.07. The van der Waals surface area contributed by atoms with Gasteiger partial charge in [0.25, 0.3) is 0 Å². The third-order valence-electron chi connectivity index (χ3n) is 2.81. The van der Waals surface area contributed by atoms with Gasteiger partial charge in [-0.05, 0) is 17.7 Å². The molecule has 2 N–H and O–H groups in total. The number of rotatable bonds is 2. The second-order valence-corrected chi connectivity index (χ2v) is 4.45. The van der Waals surface area contributed by atoms with Gasteiger partial charge in [-0.25, -0.2) is 0 Å². The predicted octanol–water partition coefficient (Wildman–Crippen LogP) is 2.72. The van der Waals surface area contributed by atoms with E-state index in [1.54, 1.807) is 17.1 Å². The molecule has 5 heteroatoms. The second-order valence-electron chi connectivity index (χ2n) is 4.05. The molecule has 90 valence electrons. The second kappa shape index (κ2) is 4.31. The Bertz CT molecular complexity index is 680. The Morgan fingerprint density at radius 1 is 1.22 bits per heavy atom. The summed E-state index contributed by atoms with van der Waals surface area (Å²) in [5, 5.41) is 5.75. The lowest BCUT2D eigenvalue weighted by Gasteiger charge is -2.05. The summed E-state index contributed by atoms with van der Waals surface area (Å²) in [4.78, 5) is 4.33. The van der Waals surface area contributed by atoms with Crippen LogP contribution in [0.25, 0.3) is 10.9 Å². The van der Waals surface area contributed by atoms with Crippen molar-refractivity contribution < 1.29 is 0 Å². The first kappa shape index (κ1) is 11.0. The van der Waals surface area contributed by atoms with Gasteiger partial charge >= 0.3 is 0 Å². The zero-order valence-electron chi connectivity index (χ0n) is 9.55. The van der Waals surface area contributed by atoms with E-state index in [1.807, 2.05) is 30.3 Å². The van der Waals surface area contributed by atoms with E-state index < -0.39 is 0 Å². The maximum atomic E-state index is 5.89. The Morgan fingerprint density at radius 3 is 2.83 bits per heavy atom. The molecule has 0 amide bonds. The monoisotopic (exact) mass is 258 g/mol. The van der Waals surface area contributed by atoms with Crippen molar-refractivity contribution in [1.29, 1.82) is 0 Å². The van der Waals surface area contributed by atoms with Crippen molar-refractivity contribution in [1.82, 2.24) is 14.8 Å². The molecule has 0 saturated carbocycles. The van der Waals surface area contributed by atoms with Crippen molar-refractivity contribution in [3.8, 4) is 0 Å². The topological polar surface area (TPSA) is 56.7 Å². The SMILES string of the molecule is Nc1nn(Cc2ccnc3ccccc23)cc1Cl. The number of anilines is 1. The number of fused-ring (bicyclic) bond motifs is 1. The van der Waals surface area contributed by atoms with Crippen molar-refractivity contribution in [3.05, 3.63) is 53.3 Å². The van der Waals surface area contributed by atoms with Crippen LogP contribution in [0.1, 0.15) is 5.56 Å². The third kappa shape index (κ3) is 1.91. The van der Waals surface area contributed by atoms with Crippen LogP contribution >= 0.6 is 11.6 Å². The van der Waals surface area contributed by atoms with Gasteiger partial charge in [-0.2, -0.15) is 5.10 Å². The fourth-order valence-electron chi connectivity index (χ4n) is 1.96. The molecule has 18 heavy (non-hydrogen) atoms. The minimum atomic E-state index is 0.357. The number of pyridine rings is 1. The van der Waals surface area contributed by atoms with Gasteiger partial charge in [-0.1, -0.05) is 29.8 Å². The van der Waals surface area contributed by atoms with Crippen LogP contribution in [0.15, 0.2) is 42.7 Å². The first-order valence-corrected chi connectivity index (χ1v) is 5.93. The number of hydrogen-bond donors (Lipinski definition) is 1. The number of para-hydroxylation sites is 1. The molecule has 2 heterocycles. The van der Waals surface area contributed by atoms with Crippen molar-refractivity contribution in [2.45, 2.75) is 6.54 Å². The summed E-state index contributed by atoms with van der Waals surface area (Å²) in [6.45, 7) is 0.625. The van der Waals surface area contributed by atoms with E-state index >= 15 is 0 Å². The molecule has 0 aliphatic heterocycles. The molecule has 1 aromatic carbocycles. The van der Waals surface area contributed by atoms with Gasteiger partial charge in [-0.3, -0.25) is 9.67 Å². The smallest absolute Gasteiger partial charge is 0.164 e. The molecule has 4 nitrogen and oxygen atoms in total. The van der Waals surface area contributed by atoms with E-state index in [-0.39, 0.29) is 0 Å². The van der Waals surface area contributed by atoms with Crippen molar-refractivity contribution in [2.24, 2.45) is 0 Å².